The Balaban J connectivity index is 1.25. The van der Waals surface area contributed by atoms with Gasteiger partial charge in [0, 0.05) is 37.5 Å². The fourth-order valence-corrected chi connectivity index (χ4v) is 5.86. The molecule has 3 heterocycles. The van der Waals surface area contributed by atoms with Crippen LogP contribution in [-0.4, -0.2) is 55.9 Å². The summed E-state index contributed by atoms with van der Waals surface area (Å²) >= 11 is 0. The summed E-state index contributed by atoms with van der Waals surface area (Å²) in [6, 6.07) is 8.76. The molecule has 0 bridgehead atoms. The standard InChI is InChI=1S/C23H28N2O6S/c26-23(25(18-4-5-18)16-19-3-1-12-29-19)17-8-10-24(11-9-17)32(27,28)20-6-7-21-22(15-20)31-14-2-13-30-21/h1,3,6-7,12,15,17-18H,2,4-5,8-11,13-14,16H2. The Morgan fingerprint density at radius 1 is 1.03 bits per heavy atom. The van der Waals surface area contributed by atoms with Crippen molar-refractivity contribution in [1.29, 1.82) is 0 Å². The lowest BCUT2D eigenvalue weighted by Crippen LogP contribution is -2.44. The van der Waals surface area contributed by atoms with Gasteiger partial charge in [-0.3, -0.25) is 4.79 Å². The fraction of sp³-hybridized carbons (Fsp3) is 0.522. The molecular formula is C23H28N2O6S. The highest BCUT2D eigenvalue weighted by atomic mass is 32.2. The minimum atomic E-state index is -3.66. The Labute approximate surface area is 188 Å². The van der Waals surface area contributed by atoms with Gasteiger partial charge in [-0.05, 0) is 49.9 Å². The molecule has 0 spiro atoms. The molecule has 172 valence electrons. The van der Waals surface area contributed by atoms with Gasteiger partial charge in [-0.2, -0.15) is 4.31 Å². The number of rotatable bonds is 6. The van der Waals surface area contributed by atoms with E-state index >= 15 is 0 Å². The van der Waals surface area contributed by atoms with E-state index in [-0.39, 0.29) is 22.8 Å². The van der Waals surface area contributed by atoms with Crippen LogP contribution in [0.15, 0.2) is 45.9 Å². The number of fused-ring (bicyclic) bond motifs is 1. The Kier molecular flexibility index (Phi) is 5.86. The monoisotopic (exact) mass is 460 g/mol. The highest BCUT2D eigenvalue weighted by molar-refractivity contribution is 7.89. The molecule has 3 aliphatic rings. The zero-order chi connectivity index (χ0) is 22.1. The quantitative estimate of drug-likeness (QED) is 0.658. The molecule has 32 heavy (non-hydrogen) atoms. The second-order valence-corrected chi connectivity index (χ2v) is 10.6. The van der Waals surface area contributed by atoms with Crippen LogP contribution >= 0.6 is 0 Å². The highest BCUT2D eigenvalue weighted by Crippen LogP contribution is 2.35. The highest BCUT2D eigenvalue weighted by Gasteiger charge is 2.39. The summed E-state index contributed by atoms with van der Waals surface area (Å²) < 4.78 is 44.6. The SMILES string of the molecule is O=C(C1CCN(S(=O)(=O)c2ccc3c(c2)OCCCO3)CC1)N(Cc1ccco1)C1CC1. The van der Waals surface area contributed by atoms with Crippen molar-refractivity contribution in [3.8, 4) is 11.5 Å². The van der Waals surface area contributed by atoms with Crippen molar-refractivity contribution in [2.24, 2.45) is 5.92 Å². The Hall–Kier alpha value is -2.52. The van der Waals surface area contributed by atoms with Gasteiger partial charge in [0.1, 0.15) is 5.76 Å². The number of carbonyl (C=O) groups excluding carboxylic acids is 1. The zero-order valence-corrected chi connectivity index (χ0v) is 18.8. The number of amides is 1. The molecule has 1 aromatic carbocycles. The molecule has 0 radical (unpaired) electrons. The third-order valence-electron chi connectivity index (χ3n) is 6.34. The number of hydrogen-bond donors (Lipinski definition) is 0. The molecule has 1 saturated heterocycles. The first kappa shape index (κ1) is 21.3. The second-order valence-electron chi connectivity index (χ2n) is 8.61. The summed E-state index contributed by atoms with van der Waals surface area (Å²) in [5, 5.41) is 0. The largest absolute Gasteiger partial charge is 0.490 e. The van der Waals surface area contributed by atoms with Crippen molar-refractivity contribution in [2.45, 2.75) is 49.6 Å². The third kappa shape index (κ3) is 4.36. The molecule has 1 aromatic heterocycles. The Morgan fingerprint density at radius 3 is 2.47 bits per heavy atom. The summed E-state index contributed by atoms with van der Waals surface area (Å²) in [5.74, 6) is 1.76. The van der Waals surface area contributed by atoms with Crippen LogP contribution in [0.25, 0.3) is 0 Å². The van der Waals surface area contributed by atoms with Crippen LogP contribution in [-0.2, 0) is 21.4 Å². The summed E-state index contributed by atoms with van der Waals surface area (Å²) in [5.41, 5.74) is 0. The molecule has 2 aliphatic heterocycles. The minimum Gasteiger partial charge on any atom is -0.490 e. The van der Waals surface area contributed by atoms with E-state index in [4.69, 9.17) is 13.9 Å². The molecule has 1 saturated carbocycles. The number of piperidine rings is 1. The lowest BCUT2D eigenvalue weighted by Gasteiger charge is -2.33. The van der Waals surface area contributed by atoms with E-state index in [9.17, 15) is 13.2 Å². The fourth-order valence-electron chi connectivity index (χ4n) is 4.37. The predicted octanol–water partition coefficient (Wildman–Crippen LogP) is 3.03. The maximum Gasteiger partial charge on any atom is 0.243 e. The Bertz CT molecular complexity index is 1060. The van der Waals surface area contributed by atoms with E-state index < -0.39 is 10.0 Å². The summed E-state index contributed by atoms with van der Waals surface area (Å²) in [6.45, 7) is 2.18. The van der Waals surface area contributed by atoms with Gasteiger partial charge in [0.25, 0.3) is 0 Å². The van der Waals surface area contributed by atoms with Gasteiger partial charge in [-0.1, -0.05) is 0 Å². The van der Waals surface area contributed by atoms with Gasteiger partial charge < -0.3 is 18.8 Å². The summed E-state index contributed by atoms with van der Waals surface area (Å²) in [4.78, 5) is 15.3. The van der Waals surface area contributed by atoms with E-state index in [0.717, 1.165) is 25.0 Å². The van der Waals surface area contributed by atoms with Crippen LogP contribution < -0.4 is 9.47 Å². The summed E-state index contributed by atoms with van der Waals surface area (Å²) in [6.07, 6.45) is 5.45. The first-order valence-corrected chi connectivity index (χ1v) is 12.7. The maximum atomic E-state index is 13.2. The van der Waals surface area contributed by atoms with E-state index in [2.05, 4.69) is 0 Å². The minimum absolute atomic E-state index is 0.108. The number of benzene rings is 1. The number of furan rings is 1. The first-order valence-electron chi connectivity index (χ1n) is 11.2. The number of sulfonamides is 1. The number of nitrogens with zero attached hydrogens (tertiary/aromatic N) is 2. The van der Waals surface area contributed by atoms with Gasteiger partial charge >= 0.3 is 0 Å². The topological polar surface area (TPSA) is 89.3 Å². The van der Waals surface area contributed by atoms with Crippen LogP contribution in [0.1, 0.15) is 37.9 Å². The lowest BCUT2D eigenvalue weighted by atomic mass is 9.96. The summed E-state index contributed by atoms with van der Waals surface area (Å²) in [7, 11) is -3.66. The van der Waals surface area contributed by atoms with E-state index in [1.807, 2.05) is 17.0 Å². The number of hydrogen-bond acceptors (Lipinski definition) is 6. The maximum absolute atomic E-state index is 13.2. The molecule has 9 heteroatoms. The second kappa shape index (κ2) is 8.78. The van der Waals surface area contributed by atoms with Gasteiger partial charge in [0.15, 0.2) is 11.5 Å². The average Bonchev–Trinajstić information content (AvgIpc) is 3.57. The Morgan fingerprint density at radius 2 is 1.78 bits per heavy atom. The molecule has 0 N–H and O–H groups in total. The van der Waals surface area contributed by atoms with E-state index in [1.54, 1.807) is 24.5 Å². The van der Waals surface area contributed by atoms with Crippen LogP contribution in [0.2, 0.25) is 0 Å². The number of carbonyl (C=O) groups is 1. The van der Waals surface area contributed by atoms with Crippen molar-refractivity contribution in [2.75, 3.05) is 26.3 Å². The zero-order valence-electron chi connectivity index (χ0n) is 17.9. The van der Waals surface area contributed by atoms with Gasteiger partial charge in [0.05, 0.1) is 30.9 Å². The molecule has 2 aromatic rings. The van der Waals surface area contributed by atoms with Crippen molar-refractivity contribution in [1.82, 2.24) is 9.21 Å². The van der Waals surface area contributed by atoms with E-state index in [1.165, 1.54) is 4.31 Å². The lowest BCUT2D eigenvalue weighted by molar-refractivity contribution is -0.138. The molecule has 8 nitrogen and oxygen atoms in total. The van der Waals surface area contributed by atoms with E-state index in [0.29, 0.717) is 57.2 Å². The molecule has 0 unspecified atom stereocenters. The third-order valence-corrected chi connectivity index (χ3v) is 8.23. The van der Waals surface area contributed by atoms with Crippen LogP contribution in [0.3, 0.4) is 0 Å². The van der Waals surface area contributed by atoms with Crippen molar-refractivity contribution in [3.05, 3.63) is 42.4 Å². The average molecular weight is 461 g/mol. The molecule has 1 amide bonds. The van der Waals surface area contributed by atoms with Crippen LogP contribution in [0, 0.1) is 5.92 Å². The molecular weight excluding hydrogens is 432 g/mol. The van der Waals surface area contributed by atoms with Crippen molar-refractivity contribution >= 4 is 15.9 Å². The molecule has 1 aliphatic carbocycles. The molecule has 2 fully saturated rings. The predicted molar refractivity (Wildman–Crippen MR) is 116 cm³/mol. The molecule has 0 atom stereocenters. The van der Waals surface area contributed by atoms with Crippen LogP contribution in [0.5, 0.6) is 11.5 Å². The van der Waals surface area contributed by atoms with Crippen molar-refractivity contribution < 1.29 is 27.1 Å². The smallest absolute Gasteiger partial charge is 0.243 e. The molecule has 5 rings (SSSR count). The normalized spacial score (nSPS) is 20.0. The van der Waals surface area contributed by atoms with Gasteiger partial charge in [-0.15, -0.1) is 0 Å². The number of ether oxygens (including phenoxy) is 2. The van der Waals surface area contributed by atoms with Gasteiger partial charge in [-0.25, -0.2) is 8.42 Å². The van der Waals surface area contributed by atoms with Crippen LogP contribution in [0.4, 0.5) is 0 Å². The van der Waals surface area contributed by atoms with Gasteiger partial charge in [0.2, 0.25) is 15.9 Å². The first-order chi connectivity index (χ1) is 15.5. The van der Waals surface area contributed by atoms with Crippen molar-refractivity contribution in [3.63, 3.8) is 0 Å².